The minimum absolute atomic E-state index is 0.350. The molecule has 0 saturated heterocycles. The monoisotopic (exact) mass is 127 g/mol. The fraction of sp³-hybridized carbons (Fsp3) is 0.600. The molecule has 4 nitrogen and oxygen atoms in total. The number of nitrogens with one attached hydrogen (secondary N) is 1. The molecular formula is C5H9N3O. The lowest BCUT2D eigenvalue weighted by Crippen LogP contribution is -2.45. The van der Waals surface area contributed by atoms with Gasteiger partial charge in [0.15, 0.2) is 0 Å². The van der Waals surface area contributed by atoms with E-state index >= 15 is 0 Å². The molecule has 4 heteroatoms. The molecule has 0 unspecified atom stereocenters. The third-order valence-corrected chi connectivity index (χ3v) is 1.28. The van der Waals surface area contributed by atoms with E-state index in [1.807, 2.05) is 0 Å². The number of nitrogens with zero attached hydrogens (tertiary/aromatic N) is 1. The molecule has 0 atom stereocenters. The number of hydrogen-bond acceptors (Lipinski definition) is 2. The first kappa shape index (κ1) is 6.07. The van der Waals surface area contributed by atoms with Gasteiger partial charge >= 0.3 is 6.03 Å². The predicted molar refractivity (Wildman–Crippen MR) is 34.2 cm³/mol. The van der Waals surface area contributed by atoms with E-state index in [0.717, 1.165) is 0 Å². The third-order valence-electron chi connectivity index (χ3n) is 1.28. The summed E-state index contributed by atoms with van der Waals surface area (Å²) < 4.78 is 0. The van der Waals surface area contributed by atoms with Crippen LogP contribution in [0.15, 0.2) is 4.99 Å². The minimum Gasteiger partial charge on any atom is -0.385 e. The molecule has 0 radical (unpaired) electrons. The van der Waals surface area contributed by atoms with Crippen LogP contribution in [0.4, 0.5) is 4.79 Å². The Morgan fingerprint density at radius 1 is 1.67 bits per heavy atom. The zero-order valence-corrected chi connectivity index (χ0v) is 5.43. The summed E-state index contributed by atoms with van der Waals surface area (Å²) in [5, 5.41) is 2.58. The summed E-state index contributed by atoms with van der Waals surface area (Å²) in [5.41, 5.74) is 4.92. The molecule has 0 aromatic heterocycles. The summed E-state index contributed by atoms with van der Waals surface area (Å²) in [6.45, 7) is 3.60. The van der Waals surface area contributed by atoms with Gasteiger partial charge in [0, 0.05) is 0 Å². The van der Waals surface area contributed by atoms with Crippen LogP contribution in [0.2, 0.25) is 0 Å². The lowest BCUT2D eigenvalue weighted by atomic mass is 10.1. The fourth-order valence-corrected chi connectivity index (χ4v) is 0.608. The lowest BCUT2D eigenvalue weighted by Gasteiger charge is -2.16. The first-order chi connectivity index (χ1) is 4.02. The van der Waals surface area contributed by atoms with Gasteiger partial charge in [-0.1, -0.05) is 0 Å². The van der Waals surface area contributed by atoms with Crippen molar-refractivity contribution in [2.45, 2.75) is 19.4 Å². The highest BCUT2D eigenvalue weighted by atomic mass is 16.2. The number of hydrogen-bond donors (Lipinski definition) is 2. The smallest absolute Gasteiger partial charge is 0.343 e. The second-order valence-electron chi connectivity index (χ2n) is 2.55. The van der Waals surface area contributed by atoms with Gasteiger partial charge in [0.1, 0.15) is 5.84 Å². The standard InChI is InChI=1S/C5H9N3O/c1-5(2)3(6)7-4(9)8-5/h1-2H3,(H3,6,7,8,9). The zero-order valence-electron chi connectivity index (χ0n) is 5.43. The zero-order chi connectivity index (χ0) is 7.07. The Morgan fingerprint density at radius 3 is 2.33 bits per heavy atom. The number of carbonyl (C=O) groups is 1. The van der Waals surface area contributed by atoms with Crippen molar-refractivity contribution in [3.63, 3.8) is 0 Å². The number of rotatable bonds is 0. The summed E-state index contributed by atoms with van der Waals surface area (Å²) in [4.78, 5) is 14.0. The first-order valence-corrected chi connectivity index (χ1v) is 2.69. The summed E-state index contributed by atoms with van der Waals surface area (Å²) in [5.74, 6) is 0.354. The van der Waals surface area contributed by atoms with Crippen LogP contribution in [-0.2, 0) is 0 Å². The third kappa shape index (κ3) is 0.872. The fourth-order valence-electron chi connectivity index (χ4n) is 0.608. The maximum absolute atomic E-state index is 10.5. The molecule has 0 bridgehead atoms. The van der Waals surface area contributed by atoms with Crippen LogP contribution in [0, 0.1) is 0 Å². The molecule has 0 spiro atoms. The van der Waals surface area contributed by atoms with Crippen molar-refractivity contribution in [3.05, 3.63) is 0 Å². The Morgan fingerprint density at radius 2 is 2.22 bits per heavy atom. The SMILES string of the molecule is CC1(C)NC(=O)N=C1N. The van der Waals surface area contributed by atoms with Gasteiger partial charge in [0.2, 0.25) is 0 Å². The van der Waals surface area contributed by atoms with Gasteiger partial charge in [-0.25, -0.2) is 4.79 Å². The number of carbonyl (C=O) groups excluding carboxylic acids is 1. The van der Waals surface area contributed by atoms with Crippen LogP contribution in [0.3, 0.4) is 0 Å². The van der Waals surface area contributed by atoms with Gasteiger partial charge in [-0.05, 0) is 13.8 Å². The van der Waals surface area contributed by atoms with Crippen molar-refractivity contribution in [2.75, 3.05) is 0 Å². The van der Waals surface area contributed by atoms with E-state index in [-0.39, 0.29) is 6.03 Å². The van der Waals surface area contributed by atoms with E-state index in [2.05, 4.69) is 10.3 Å². The highest BCUT2D eigenvalue weighted by Crippen LogP contribution is 2.07. The van der Waals surface area contributed by atoms with Crippen LogP contribution < -0.4 is 11.1 Å². The summed E-state index contributed by atoms with van der Waals surface area (Å²) in [7, 11) is 0. The number of amidine groups is 1. The van der Waals surface area contributed by atoms with Crippen LogP contribution in [0.25, 0.3) is 0 Å². The second kappa shape index (κ2) is 1.46. The first-order valence-electron chi connectivity index (χ1n) is 2.69. The summed E-state index contributed by atoms with van der Waals surface area (Å²) >= 11 is 0. The average Bonchev–Trinajstić information content (AvgIpc) is 1.79. The molecular weight excluding hydrogens is 118 g/mol. The van der Waals surface area contributed by atoms with E-state index < -0.39 is 5.54 Å². The van der Waals surface area contributed by atoms with Crippen LogP contribution in [0.5, 0.6) is 0 Å². The molecule has 3 N–H and O–H groups in total. The van der Waals surface area contributed by atoms with Crippen molar-refractivity contribution in [1.29, 1.82) is 0 Å². The minimum atomic E-state index is -0.447. The van der Waals surface area contributed by atoms with Crippen LogP contribution in [-0.4, -0.2) is 17.4 Å². The maximum atomic E-state index is 10.5. The quantitative estimate of drug-likeness (QED) is 0.475. The maximum Gasteiger partial charge on any atom is 0.343 e. The molecule has 0 aromatic rings. The number of nitrogens with two attached hydrogens (primary N) is 1. The molecule has 1 rings (SSSR count). The van der Waals surface area contributed by atoms with Crippen molar-refractivity contribution < 1.29 is 4.79 Å². The average molecular weight is 127 g/mol. The van der Waals surface area contributed by atoms with E-state index in [9.17, 15) is 4.79 Å². The van der Waals surface area contributed by atoms with E-state index in [1.165, 1.54) is 0 Å². The highest BCUT2D eigenvalue weighted by molar-refractivity contribution is 6.05. The topological polar surface area (TPSA) is 67.5 Å². The molecule has 1 aliphatic rings. The molecule has 0 saturated carbocycles. The van der Waals surface area contributed by atoms with Crippen molar-refractivity contribution in [1.82, 2.24) is 5.32 Å². The van der Waals surface area contributed by atoms with E-state index in [0.29, 0.717) is 5.84 Å². The van der Waals surface area contributed by atoms with Gasteiger partial charge in [-0.15, -0.1) is 0 Å². The number of aliphatic imine (C=N–C) groups is 1. The van der Waals surface area contributed by atoms with Gasteiger partial charge in [-0.2, -0.15) is 4.99 Å². The second-order valence-corrected chi connectivity index (χ2v) is 2.55. The van der Waals surface area contributed by atoms with E-state index in [4.69, 9.17) is 5.73 Å². The van der Waals surface area contributed by atoms with Crippen molar-refractivity contribution >= 4 is 11.9 Å². The van der Waals surface area contributed by atoms with Gasteiger partial charge in [-0.3, -0.25) is 0 Å². The Labute approximate surface area is 53.1 Å². The van der Waals surface area contributed by atoms with Gasteiger partial charge in [0.05, 0.1) is 5.54 Å². The molecule has 2 amide bonds. The van der Waals surface area contributed by atoms with E-state index in [1.54, 1.807) is 13.8 Å². The largest absolute Gasteiger partial charge is 0.385 e. The van der Waals surface area contributed by atoms with Crippen LogP contribution >= 0.6 is 0 Å². The lowest BCUT2D eigenvalue weighted by molar-refractivity contribution is 0.248. The molecule has 1 heterocycles. The predicted octanol–water partition coefficient (Wildman–Crippen LogP) is -0.155. The Kier molecular flexibility index (Phi) is 0.986. The summed E-state index contributed by atoms with van der Waals surface area (Å²) in [6.07, 6.45) is 0. The Balaban J connectivity index is 2.89. The highest BCUT2D eigenvalue weighted by Gasteiger charge is 2.30. The normalized spacial score (nSPS) is 23.3. The van der Waals surface area contributed by atoms with Crippen molar-refractivity contribution in [2.24, 2.45) is 10.7 Å². The van der Waals surface area contributed by atoms with Crippen LogP contribution in [0.1, 0.15) is 13.8 Å². The molecule has 1 aliphatic heterocycles. The molecule has 0 aliphatic carbocycles. The van der Waals surface area contributed by atoms with Gasteiger partial charge in [0.25, 0.3) is 0 Å². The number of urea groups is 1. The van der Waals surface area contributed by atoms with Gasteiger partial charge < -0.3 is 11.1 Å². The summed E-state index contributed by atoms with van der Waals surface area (Å²) in [6, 6.07) is -0.350. The molecule has 0 fully saturated rings. The number of amides is 2. The van der Waals surface area contributed by atoms with Crippen molar-refractivity contribution in [3.8, 4) is 0 Å². The molecule has 0 aromatic carbocycles. The molecule has 50 valence electrons. The Bertz CT molecular complexity index is 183. The Hall–Kier alpha value is -1.06. The molecule has 9 heavy (non-hydrogen) atoms.